The Hall–Kier alpha value is -1.35. The maximum atomic E-state index is 13.7. The number of anilines is 1. The van der Waals surface area contributed by atoms with E-state index in [1.54, 1.807) is 6.07 Å². The highest BCUT2D eigenvalue weighted by molar-refractivity contribution is 9.10. The first-order valence-corrected chi connectivity index (χ1v) is 7.06. The molecule has 0 amide bonds. The summed E-state index contributed by atoms with van der Waals surface area (Å²) in [7, 11) is 0. The molecule has 0 fully saturated rings. The van der Waals surface area contributed by atoms with E-state index in [0.717, 1.165) is 10.2 Å². The van der Waals surface area contributed by atoms with Crippen LogP contribution in [0, 0.1) is 19.7 Å². The molecule has 0 saturated heterocycles. The molecule has 3 heteroatoms. The van der Waals surface area contributed by atoms with Gasteiger partial charge in [0.25, 0.3) is 0 Å². The summed E-state index contributed by atoms with van der Waals surface area (Å²) in [5.74, 6) is -0.173. The quantitative estimate of drug-likeness (QED) is 0.800. The van der Waals surface area contributed by atoms with Gasteiger partial charge in [-0.25, -0.2) is 4.39 Å². The normalized spacial score (nSPS) is 12.3. The Kier molecular flexibility index (Phi) is 4.25. The Morgan fingerprint density at radius 1 is 1.11 bits per heavy atom. The van der Waals surface area contributed by atoms with Gasteiger partial charge in [-0.05, 0) is 50.1 Å². The Morgan fingerprint density at radius 3 is 2.26 bits per heavy atom. The van der Waals surface area contributed by atoms with Gasteiger partial charge in [-0.2, -0.15) is 0 Å². The number of hydrogen-bond donors (Lipinski definition) is 1. The highest BCUT2D eigenvalue weighted by atomic mass is 79.9. The molecule has 100 valence electrons. The maximum Gasteiger partial charge on any atom is 0.128 e. The minimum atomic E-state index is -0.173. The molecule has 19 heavy (non-hydrogen) atoms. The second kappa shape index (κ2) is 5.74. The lowest BCUT2D eigenvalue weighted by molar-refractivity contribution is 0.600. The molecule has 0 bridgehead atoms. The van der Waals surface area contributed by atoms with E-state index in [2.05, 4.69) is 47.2 Å². The van der Waals surface area contributed by atoms with E-state index < -0.39 is 0 Å². The molecule has 0 aliphatic heterocycles. The average molecular weight is 322 g/mol. The molecular formula is C16H17BrFN. The van der Waals surface area contributed by atoms with Crippen LogP contribution in [0.4, 0.5) is 10.1 Å². The molecule has 0 heterocycles. The lowest BCUT2D eigenvalue weighted by Crippen LogP contribution is -2.08. The molecule has 1 nitrogen and oxygen atoms in total. The summed E-state index contributed by atoms with van der Waals surface area (Å²) >= 11 is 3.55. The topological polar surface area (TPSA) is 12.0 Å². The molecule has 2 aromatic rings. The van der Waals surface area contributed by atoms with Crippen LogP contribution in [-0.4, -0.2) is 0 Å². The SMILES string of the molecule is Cc1cc(NC(C)c2ccccc2F)cc(C)c1Br. The molecule has 1 unspecified atom stereocenters. The van der Waals surface area contributed by atoms with Gasteiger partial charge in [0.15, 0.2) is 0 Å². The fraction of sp³-hybridized carbons (Fsp3) is 0.250. The van der Waals surface area contributed by atoms with Crippen molar-refractivity contribution in [3.8, 4) is 0 Å². The van der Waals surface area contributed by atoms with Crippen LogP contribution in [0.25, 0.3) is 0 Å². The van der Waals surface area contributed by atoms with Crippen molar-refractivity contribution in [1.29, 1.82) is 0 Å². The largest absolute Gasteiger partial charge is 0.378 e. The van der Waals surface area contributed by atoms with Crippen LogP contribution < -0.4 is 5.32 Å². The van der Waals surface area contributed by atoms with E-state index in [9.17, 15) is 4.39 Å². The molecular weight excluding hydrogens is 305 g/mol. The summed E-state index contributed by atoms with van der Waals surface area (Å²) < 4.78 is 14.8. The highest BCUT2D eigenvalue weighted by Gasteiger charge is 2.11. The fourth-order valence-corrected chi connectivity index (χ4v) is 2.41. The van der Waals surface area contributed by atoms with Crippen LogP contribution >= 0.6 is 15.9 Å². The standard InChI is InChI=1S/C16H17BrFN/c1-10-8-13(9-11(2)16(10)17)19-12(3)14-6-4-5-7-15(14)18/h4-9,12,19H,1-3H3. The highest BCUT2D eigenvalue weighted by Crippen LogP contribution is 2.28. The van der Waals surface area contributed by atoms with Gasteiger partial charge in [-0.1, -0.05) is 34.1 Å². The van der Waals surface area contributed by atoms with Crippen molar-refractivity contribution in [3.05, 3.63) is 63.4 Å². The first-order chi connectivity index (χ1) is 8.99. The number of halogens is 2. The van der Waals surface area contributed by atoms with Gasteiger partial charge >= 0.3 is 0 Å². The summed E-state index contributed by atoms with van der Waals surface area (Å²) in [6.45, 7) is 6.07. The van der Waals surface area contributed by atoms with Gasteiger partial charge in [-0.3, -0.25) is 0 Å². The molecule has 0 spiro atoms. The Balaban J connectivity index is 2.24. The van der Waals surface area contributed by atoms with Crippen molar-refractivity contribution < 1.29 is 4.39 Å². The van der Waals surface area contributed by atoms with Crippen LogP contribution in [0.2, 0.25) is 0 Å². The van der Waals surface area contributed by atoms with Gasteiger partial charge < -0.3 is 5.32 Å². The van der Waals surface area contributed by atoms with Crippen LogP contribution in [0.3, 0.4) is 0 Å². The monoisotopic (exact) mass is 321 g/mol. The summed E-state index contributed by atoms with van der Waals surface area (Å²) in [5, 5.41) is 3.35. The predicted octanol–water partition coefficient (Wildman–Crippen LogP) is 5.38. The fourth-order valence-electron chi connectivity index (χ4n) is 2.18. The third-order valence-corrected chi connectivity index (χ3v) is 4.44. The zero-order chi connectivity index (χ0) is 14.0. The van der Waals surface area contributed by atoms with Crippen LogP contribution in [0.1, 0.15) is 29.7 Å². The van der Waals surface area contributed by atoms with Gasteiger partial charge in [0.1, 0.15) is 5.82 Å². The summed E-state index contributed by atoms with van der Waals surface area (Å²) in [4.78, 5) is 0. The van der Waals surface area contributed by atoms with Crippen molar-refractivity contribution in [2.45, 2.75) is 26.8 Å². The molecule has 1 atom stereocenters. The first-order valence-electron chi connectivity index (χ1n) is 6.26. The van der Waals surface area contributed by atoms with E-state index in [4.69, 9.17) is 0 Å². The van der Waals surface area contributed by atoms with Gasteiger partial charge in [-0.15, -0.1) is 0 Å². The van der Waals surface area contributed by atoms with Crippen LogP contribution in [0.15, 0.2) is 40.9 Å². The van der Waals surface area contributed by atoms with Crippen LogP contribution in [0.5, 0.6) is 0 Å². The average Bonchev–Trinajstić information content (AvgIpc) is 2.36. The molecule has 2 aromatic carbocycles. The zero-order valence-electron chi connectivity index (χ0n) is 11.3. The van der Waals surface area contributed by atoms with Gasteiger partial charge in [0.2, 0.25) is 0 Å². The minimum Gasteiger partial charge on any atom is -0.378 e. The van der Waals surface area contributed by atoms with Crippen molar-refractivity contribution in [1.82, 2.24) is 0 Å². The molecule has 0 aliphatic carbocycles. The molecule has 1 N–H and O–H groups in total. The Labute approximate surface area is 122 Å². The Morgan fingerprint density at radius 2 is 1.68 bits per heavy atom. The van der Waals surface area contributed by atoms with Gasteiger partial charge in [0, 0.05) is 15.7 Å². The number of nitrogens with one attached hydrogen (secondary N) is 1. The van der Waals surface area contributed by atoms with Crippen molar-refractivity contribution in [3.63, 3.8) is 0 Å². The second-order valence-electron chi connectivity index (χ2n) is 4.81. The summed E-state index contributed by atoms with van der Waals surface area (Å²) in [6, 6.07) is 10.9. The minimum absolute atomic E-state index is 0.0684. The number of hydrogen-bond acceptors (Lipinski definition) is 1. The summed E-state index contributed by atoms with van der Waals surface area (Å²) in [6.07, 6.45) is 0. The third kappa shape index (κ3) is 3.16. The molecule has 0 aliphatic rings. The summed E-state index contributed by atoms with van der Waals surface area (Å²) in [5.41, 5.74) is 4.03. The lowest BCUT2D eigenvalue weighted by Gasteiger charge is -2.18. The number of rotatable bonds is 3. The van der Waals surface area contributed by atoms with Crippen molar-refractivity contribution in [2.24, 2.45) is 0 Å². The van der Waals surface area contributed by atoms with E-state index in [1.807, 2.05) is 19.1 Å². The van der Waals surface area contributed by atoms with E-state index in [-0.39, 0.29) is 11.9 Å². The van der Waals surface area contributed by atoms with Crippen LogP contribution in [-0.2, 0) is 0 Å². The Bertz CT molecular complexity index is 572. The van der Waals surface area contributed by atoms with E-state index in [0.29, 0.717) is 5.56 Å². The lowest BCUT2D eigenvalue weighted by atomic mass is 10.1. The molecule has 0 radical (unpaired) electrons. The molecule has 2 rings (SSSR count). The van der Waals surface area contributed by atoms with E-state index >= 15 is 0 Å². The third-order valence-electron chi connectivity index (χ3n) is 3.19. The van der Waals surface area contributed by atoms with E-state index in [1.165, 1.54) is 17.2 Å². The molecule has 0 saturated carbocycles. The number of aryl methyl sites for hydroxylation is 2. The van der Waals surface area contributed by atoms with Crippen molar-refractivity contribution in [2.75, 3.05) is 5.32 Å². The maximum absolute atomic E-state index is 13.7. The first kappa shape index (κ1) is 14.1. The smallest absolute Gasteiger partial charge is 0.128 e. The molecule has 0 aromatic heterocycles. The second-order valence-corrected chi connectivity index (χ2v) is 5.60. The van der Waals surface area contributed by atoms with Crippen molar-refractivity contribution >= 4 is 21.6 Å². The number of benzene rings is 2. The zero-order valence-corrected chi connectivity index (χ0v) is 12.9. The predicted molar refractivity (Wildman–Crippen MR) is 82.1 cm³/mol. The van der Waals surface area contributed by atoms with Gasteiger partial charge in [0.05, 0.1) is 6.04 Å².